The molecular weight excluding hydrogens is 338 g/mol. The lowest BCUT2D eigenvalue weighted by atomic mass is 10.0. The van der Waals surface area contributed by atoms with Crippen LogP contribution in [0, 0.1) is 0 Å². The van der Waals surface area contributed by atoms with Crippen LogP contribution in [-0.2, 0) is 7.05 Å². The lowest BCUT2D eigenvalue weighted by Crippen LogP contribution is -2.28. The van der Waals surface area contributed by atoms with Crippen LogP contribution in [0.1, 0.15) is 10.4 Å². The zero-order valence-electron chi connectivity index (χ0n) is 14.7. The van der Waals surface area contributed by atoms with Crippen LogP contribution in [0.2, 0.25) is 0 Å². The van der Waals surface area contributed by atoms with Crippen molar-refractivity contribution in [3.63, 3.8) is 0 Å². The van der Waals surface area contributed by atoms with E-state index in [-0.39, 0.29) is 11.1 Å². The molecule has 27 heavy (non-hydrogen) atoms. The molecule has 2 heterocycles. The number of nitrogens with one attached hydrogen (secondary N) is 1. The quantitative estimate of drug-likeness (QED) is 0.607. The van der Waals surface area contributed by atoms with Gasteiger partial charge in [0.2, 0.25) is 0 Å². The van der Waals surface area contributed by atoms with Crippen molar-refractivity contribution in [2.24, 2.45) is 7.05 Å². The van der Waals surface area contributed by atoms with E-state index in [1.54, 1.807) is 25.4 Å². The average molecular weight is 355 g/mol. The second kappa shape index (κ2) is 6.88. The standard InChI is InChI=1S/C22H17N3O2/c1-25-20-16(10-7-13-23-20)14-18(22(25)27)21(26)24-19-12-6-5-11-17(19)15-8-3-2-4-9-15/h2-14H,1H3,(H,24,26). The van der Waals surface area contributed by atoms with E-state index in [1.807, 2.05) is 60.7 Å². The molecule has 0 saturated heterocycles. The summed E-state index contributed by atoms with van der Waals surface area (Å²) < 4.78 is 1.40. The number of aryl methyl sites for hydroxylation is 1. The van der Waals surface area contributed by atoms with Gasteiger partial charge in [0.15, 0.2) is 0 Å². The van der Waals surface area contributed by atoms with Crippen molar-refractivity contribution in [3.05, 3.63) is 94.9 Å². The van der Waals surface area contributed by atoms with Gasteiger partial charge in [0.1, 0.15) is 11.2 Å². The predicted molar refractivity (Wildman–Crippen MR) is 107 cm³/mol. The number of fused-ring (bicyclic) bond motifs is 1. The Balaban J connectivity index is 1.75. The summed E-state index contributed by atoms with van der Waals surface area (Å²) in [5.74, 6) is -0.440. The molecule has 0 saturated carbocycles. The van der Waals surface area contributed by atoms with Crippen LogP contribution >= 0.6 is 0 Å². The molecule has 4 rings (SSSR count). The lowest BCUT2D eigenvalue weighted by molar-refractivity contribution is 0.102. The highest BCUT2D eigenvalue weighted by Crippen LogP contribution is 2.27. The van der Waals surface area contributed by atoms with Gasteiger partial charge in [-0.1, -0.05) is 48.5 Å². The Morgan fingerprint density at radius 1 is 0.963 bits per heavy atom. The van der Waals surface area contributed by atoms with Gasteiger partial charge in [-0.15, -0.1) is 0 Å². The molecule has 0 radical (unpaired) electrons. The van der Waals surface area contributed by atoms with Crippen LogP contribution < -0.4 is 10.9 Å². The number of nitrogens with zero attached hydrogens (tertiary/aromatic N) is 2. The van der Waals surface area contributed by atoms with E-state index in [1.165, 1.54) is 4.57 Å². The van der Waals surface area contributed by atoms with Gasteiger partial charge < -0.3 is 5.32 Å². The normalized spacial score (nSPS) is 10.7. The summed E-state index contributed by atoms with van der Waals surface area (Å²) in [5.41, 5.74) is 2.79. The first-order chi connectivity index (χ1) is 13.1. The van der Waals surface area contributed by atoms with Gasteiger partial charge in [-0.25, -0.2) is 4.98 Å². The SMILES string of the molecule is Cn1c(=O)c(C(=O)Nc2ccccc2-c2ccccc2)cc2cccnc21. The number of rotatable bonds is 3. The Bertz CT molecular complexity index is 1200. The monoisotopic (exact) mass is 355 g/mol. The van der Waals surface area contributed by atoms with Crippen molar-refractivity contribution in [2.75, 3.05) is 5.32 Å². The van der Waals surface area contributed by atoms with Gasteiger partial charge in [-0.2, -0.15) is 0 Å². The van der Waals surface area contributed by atoms with Gasteiger partial charge in [-0.3, -0.25) is 14.2 Å². The number of hydrogen-bond donors (Lipinski definition) is 1. The molecule has 5 nitrogen and oxygen atoms in total. The first kappa shape index (κ1) is 16.7. The average Bonchev–Trinajstić information content (AvgIpc) is 2.71. The highest BCUT2D eigenvalue weighted by molar-refractivity contribution is 6.07. The third kappa shape index (κ3) is 3.11. The van der Waals surface area contributed by atoms with Crippen molar-refractivity contribution >= 4 is 22.6 Å². The van der Waals surface area contributed by atoms with Gasteiger partial charge in [0, 0.05) is 29.9 Å². The molecule has 4 aromatic rings. The van der Waals surface area contributed by atoms with E-state index < -0.39 is 5.91 Å². The molecule has 0 aliphatic rings. The van der Waals surface area contributed by atoms with E-state index in [2.05, 4.69) is 10.3 Å². The van der Waals surface area contributed by atoms with Crippen LogP contribution in [0.4, 0.5) is 5.69 Å². The van der Waals surface area contributed by atoms with E-state index in [9.17, 15) is 9.59 Å². The highest BCUT2D eigenvalue weighted by Gasteiger charge is 2.16. The third-order valence-corrected chi connectivity index (χ3v) is 4.47. The lowest BCUT2D eigenvalue weighted by Gasteiger charge is -2.12. The largest absolute Gasteiger partial charge is 0.321 e. The molecule has 1 N–H and O–H groups in total. The van der Waals surface area contributed by atoms with Crippen LogP contribution in [0.3, 0.4) is 0 Å². The summed E-state index contributed by atoms with van der Waals surface area (Å²) in [6.07, 6.45) is 1.62. The summed E-state index contributed by atoms with van der Waals surface area (Å²) in [7, 11) is 1.62. The minimum Gasteiger partial charge on any atom is -0.321 e. The van der Waals surface area contributed by atoms with Crippen molar-refractivity contribution in [1.82, 2.24) is 9.55 Å². The van der Waals surface area contributed by atoms with Crippen molar-refractivity contribution in [3.8, 4) is 11.1 Å². The number of amides is 1. The summed E-state index contributed by atoms with van der Waals surface area (Å²) in [5, 5.41) is 3.62. The molecule has 0 aliphatic heterocycles. The topological polar surface area (TPSA) is 64.0 Å². The third-order valence-electron chi connectivity index (χ3n) is 4.47. The Kier molecular flexibility index (Phi) is 4.26. The molecule has 0 aliphatic carbocycles. The Hall–Kier alpha value is -3.73. The fourth-order valence-corrected chi connectivity index (χ4v) is 3.11. The Morgan fingerprint density at radius 3 is 2.52 bits per heavy atom. The molecule has 132 valence electrons. The van der Waals surface area contributed by atoms with Crippen molar-refractivity contribution in [1.29, 1.82) is 0 Å². The second-order valence-corrected chi connectivity index (χ2v) is 6.20. The van der Waals surface area contributed by atoms with E-state index in [0.717, 1.165) is 16.5 Å². The highest BCUT2D eigenvalue weighted by atomic mass is 16.2. The van der Waals surface area contributed by atoms with Gasteiger partial charge in [-0.05, 0) is 29.8 Å². The molecule has 0 atom stereocenters. The van der Waals surface area contributed by atoms with E-state index in [4.69, 9.17) is 0 Å². The Labute approximate surface area is 155 Å². The smallest absolute Gasteiger partial charge is 0.264 e. The minimum atomic E-state index is -0.440. The summed E-state index contributed by atoms with van der Waals surface area (Å²) in [6, 6.07) is 22.5. The zero-order valence-corrected chi connectivity index (χ0v) is 14.7. The van der Waals surface area contributed by atoms with E-state index in [0.29, 0.717) is 11.3 Å². The van der Waals surface area contributed by atoms with Crippen molar-refractivity contribution in [2.45, 2.75) is 0 Å². The molecule has 5 heteroatoms. The van der Waals surface area contributed by atoms with Crippen LogP contribution in [-0.4, -0.2) is 15.5 Å². The van der Waals surface area contributed by atoms with Crippen LogP contribution in [0.25, 0.3) is 22.2 Å². The summed E-state index contributed by atoms with van der Waals surface area (Å²) >= 11 is 0. The number of benzene rings is 2. The van der Waals surface area contributed by atoms with Crippen molar-refractivity contribution < 1.29 is 4.79 Å². The molecule has 2 aromatic carbocycles. The number of aromatic nitrogens is 2. The number of hydrogen-bond acceptors (Lipinski definition) is 3. The van der Waals surface area contributed by atoms with Crippen LogP contribution in [0.15, 0.2) is 83.8 Å². The molecule has 1 amide bonds. The fourth-order valence-electron chi connectivity index (χ4n) is 3.11. The number of carbonyl (C=O) groups excluding carboxylic acids is 1. The molecule has 0 bridgehead atoms. The number of anilines is 1. The van der Waals surface area contributed by atoms with E-state index >= 15 is 0 Å². The van der Waals surface area contributed by atoms with Gasteiger partial charge >= 0.3 is 0 Å². The Morgan fingerprint density at radius 2 is 1.70 bits per heavy atom. The molecule has 0 unspecified atom stereocenters. The minimum absolute atomic E-state index is 0.0841. The maximum absolute atomic E-state index is 12.9. The molecule has 2 aromatic heterocycles. The maximum atomic E-state index is 12.9. The van der Waals surface area contributed by atoms with Gasteiger partial charge in [0.05, 0.1) is 0 Å². The second-order valence-electron chi connectivity index (χ2n) is 6.20. The number of carbonyl (C=O) groups is 1. The maximum Gasteiger partial charge on any atom is 0.264 e. The molecule has 0 spiro atoms. The molecular formula is C22H17N3O2. The first-order valence-electron chi connectivity index (χ1n) is 8.56. The predicted octanol–water partition coefficient (Wildman–Crippen LogP) is 3.85. The number of para-hydroxylation sites is 1. The fraction of sp³-hybridized carbons (Fsp3) is 0.0455. The zero-order chi connectivity index (χ0) is 18.8. The van der Waals surface area contributed by atoms with Gasteiger partial charge in [0.25, 0.3) is 11.5 Å². The number of pyridine rings is 2. The van der Waals surface area contributed by atoms with Crippen LogP contribution in [0.5, 0.6) is 0 Å². The summed E-state index contributed by atoms with van der Waals surface area (Å²) in [4.78, 5) is 29.7. The summed E-state index contributed by atoms with van der Waals surface area (Å²) in [6.45, 7) is 0. The molecule has 0 fully saturated rings. The first-order valence-corrected chi connectivity index (χ1v) is 8.56.